The molecule has 0 saturated heterocycles. The van der Waals surface area contributed by atoms with E-state index in [4.69, 9.17) is 0 Å². The van der Waals surface area contributed by atoms with Crippen LogP contribution in [0.3, 0.4) is 0 Å². The van der Waals surface area contributed by atoms with Gasteiger partial charge in [0.25, 0.3) is 0 Å². The Labute approximate surface area is 176 Å². The first-order valence-corrected chi connectivity index (χ1v) is 8.97. The molecule has 0 atom stereocenters. The molecule has 0 amide bonds. The molecule has 0 aromatic carbocycles. The summed E-state index contributed by atoms with van der Waals surface area (Å²) < 4.78 is 0. The van der Waals surface area contributed by atoms with Gasteiger partial charge in [-0.1, -0.05) is 83.1 Å². The van der Waals surface area contributed by atoms with Crippen molar-refractivity contribution in [1.82, 2.24) is 0 Å². The van der Waals surface area contributed by atoms with Crippen molar-refractivity contribution in [3.05, 3.63) is 23.7 Å². The Morgan fingerprint density at radius 3 is 0.815 bits per heavy atom. The second kappa shape index (κ2) is 10.5. The van der Waals surface area contributed by atoms with Gasteiger partial charge in [0.15, 0.2) is 11.6 Å². The van der Waals surface area contributed by atoms with Crippen LogP contribution in [0, 0.1) is 21.7 Å². The van der Waals surface area contributed by atoms with Crippen molar-refractivity contribution in [2.75, 3.05) is 0 Å². The van der Waals surface area contributed by atoms with Gasteiger partial charge in [0.2, 0.25) is 0 Å². The molecular formula is C22H38CoO4-2. The summed E-state index contributed by atoms with van der Waals surface area (Å²) in [6.45, 7) is 21.7. The molecule has 0 aliphatic heterocycles. The van der Waals surface area contributed by atoms with Crippen LogP contribution >= 0.6 is 0 Å². The van der Waals surface area contributed by atoms with Crippen LogP contribution in [0.1, 0.15) is 83.1 Å². The fourth-order valence-corrected chi connectivity index (χ4v) is 1.10. The number of allylic oxidation sites excluding steroid dienone is 4. The van der Waals surface area contributed by atoms with Gasteiger partial charge in [-0.3, -0.25) is 9.59 Å². The number of rotatable bonds is 2. The average Bonchev–Trinajstić information content (AvgIpc) is 2.34. The fourth-order valence-electron chi connectivity index (χ4n) is 1.10. The van der Waals surface area contributed by atoms with E-state index in [1.807, 2.05) is 83.1 Å². The van der Waals surface area contributed by atoms with Crippen LogP contribution in [0.25, 0.3) is 0 Å². The minimum atomic E-state index is -0.457. The van der Waals surface area contributed by atoms with E-state index in [1.54, 1.807) is 0 Å². The normalized spacial score (nSPS) is 13.9. The van der Waals surface area contributed by atoms with Crippen LogP contribution in [-0.2, 0) is 26.4 Å². The monoisotopic (exact) mass is 425 g/mol. The van der Waals surface area contributed by atoms with E-state index in [2.05, 4.69) is 0 Å². The Hall–Kier alpha value is -1.07. The van der Waals surface area contributed by atoms with Crippen molar-refractivity contribution < 1.29 is 36.6 Å². The molecule has 0 fully saturated rings. The van der Waals surface area contributed by atoms with Gasteiger partial charge in [0.05, 0.1) is 0 Å². The molecule has 0 saturated carbocycles. The summed E-state index contributed by atoms with van der Waals surface area (Å²) in [6, 6.07) is 0. The van der Waals surface area contributed by atoms with Crippen LogP contribution in [-0.4, -0.2) is 11.6 Å². The molecule has 0 aliphatic carbocycles. The molecule has 0 aromatic rings. The van der Waals surface area contributed by atoms with Gasteiger partial charge in [0, 0.05) is 27.6 Å². The van der Waals surface area contributed by atoms with Gasteiger partial charge in [0.1, 0.15) is 0 Å². The summed E-state index contributed by atoms with van der Waals surface area (Å²) >= 11 is 0. The van der Waals surface area contributed by atoms with E-state index in [0.29, 0.717) is 0 Å². The summed E-state index contributed by atoms with van der Waals surface area (Å²) in [7, 11) is 0. The third-order valence-electron chi connectivity index (χ3n) is 3.48. The minimum Gasteiger partial charge on any atom is -0.875 e. The van der Waals surface area contributed by atoms with Crippen molar-refractivity contribution >= 4 is 11.6 Å². The van der Waals surface area contributed by atoms with Gasteiger partial charge < -0.3 is 10.2 Å². The van der Waals surface area contributed by atoms with Gasteiger partial charge in [-0.15, -0.1) is 11.5 Å². The third-order valence-corrected chi connectivity index (χ3v) is 3.48. The van der Waals surface area contributed by atoms with Gasteiger partial charge in [-0.2, -0.15) is 0 Å². The van der Waals surface area contributed by atoms with Crippen LogP contribution in [0.5, 0.6) is 0 Å². The van der Waals surface area contributed by atoms with Crippen molar-refractivity contribution in [3.63, 3.8) is 0 Å². The quantitative estimate of drug-likeness (QED) is 0.498. The zero-order chi connectivity index (χ0) is 21.7. The summed E-state index contributed by atoms with van der Waals surface area (Å²) in [5.41, 5.74) is -1.83. The Balaban J connectivity index is -0.000000411. The number of carbonyl (C=O) groups excluding carboxylic acids is 2. The van der Waals surface area contributed by atoms with Crippen LogP contribution in [0.4, 0.5) is 0 Å². The molecule has 0 aliphatic rings. The first-order valence-electron chi connectivity index (χ1n) is 8.97. The molecule has 4 nitrogen and oxygen atoms in total. The topological polar surface area (TPSA) is 80.3 Å². The second-order valence-corrected chi connectivity index (χ2v) is 10.7. The van der Waals surface area contributed by atoms with E-state index in [1.165, 1.54) is 12.2 Å². The number of carbonyl (C=O) groups is 2. The summed E-state index contributed by atoms with van der Waals surface area (Å²) in [4.78, 5) is 22.9. The fraction of sp³-hybridized carbons (Fsp3) is 0.727. The van der Waals surface area contributed by atoms with Crippen LogP contribution in [0.2, 0.25) is 0 Å². The SMILES string of the molecule is CC(C)(C)C(=O)/C=C(\[O-])C(C)(C)C.CC(C)(C)C(=O)/C=C(\[O-])C(C)(C)C.[Co]. The summed E-state index contributed by atoms with van der Waals surface area (Å²) in [6.07, 6.45) is 2.44. The van der Waals surface area contributed by atoms with E-state index < -0.39 is 21.7 Å². The van der Waals surface area contributed by atoms with Crippen molar-refractivity contribution in [2.24, 2.45) is 21.7 Å². The van der Waals surface area contributed by atoms with Crippen molar-refractivity contribution in [1.29, 1.82) is 0 Å². The third kappa shape index (κ3) is 13.7. The zero-order valence-electron chi connectivity index (χ0n) is 19.1. The first kappa shape index (κ1) is 30.6. The molecular weight excluding hydrogens is 387 g/mol. The van der Waals surface area contributed by atoms with Gasteiger partial charge in [-0.05, 0) is 23.0 Å². The molecule has 0 aromatic heterocycles. The predicted octanol–water partition coefficient (Wildman–Crippen LogP) is 3.78. The molecule has 161 valence electrons. The predicted molar refractivity (Wildman–Crippen MR) is 104 cm³/mol. The zero-order valence-corrected chi connectivity index (χ0v) is 20.2. The molecule has 0 unspecified atom stereocenters. The van der Waals surface area contributed by atoms with Crippen molar-refractivity contribution in [2.45, 2.75) is 83.1 Å². The van der Waals surface area contributed by atoms with Crippen LogP contribution in [0.15, 0.2) is 23.7 Å². The molecule has 0 spiro atoms. The Morgan fingerprint density at radius 2 is 0.704 bits per heavy atom. The molecule has 0 rings (SSSR count). The maximum atomic E-state index is 11.4. The molecule has 0 bridgehead atoms. The van der Waals surface area contributed by atoms with E-state index in [-0.39, 0.29) is 39.9 Å². The molecule has 0 N–H and O–H groups in total. The van der Waals surface area contributed by atoms with Gasteiger partial charge >= 0.3 is 0 Å². The Morgan fingerprint density at radius 1 is 0.519 bits per heavy atom. The van der Waals surface area contributed by atoms with E-state index in [0.717, 1.165) is 0 Å². The van der Waals surface area contributed by atoms with E-state index >= 15 is 0 Å². The van der Waals surface area contributed by atoms with E-state index in [9.17, 15) is 19.8 Å². The maximum absolute atomic E-state index is 11.4. The first-order chi connectivity index (χ1) is 11.1. The smallest absolute Gasteiger partial charge is 0.160 e. The largest absolute Gasteiger partial charge is 0.875 e. The summed E-state index contributed by atoms with van der Waals surface area (Å²) in [5.74, 6) is -0.417. The number of hydrogen-bond donors (Lipinski definition) is 0. The number of hydrogen-bond acceptors (Lipinski definition) is 4. The van der Waals surface area contributed by atoms with Gasteiger partial charge in [-0.25, -0.2) is 0 Å². The Bertz CT molecular complexity index is 505. The minimum absolute atomic E-state index is 0. The Kier molecular flexibility index (Phi) is 11.9. The molecule has 1 radical (unpaired) electrons. The molecule has 27 heavy (non-hydrogen) atoms. The second-order valence-electron chi connectivity index (χ2n) is 10.7. The molecule has 0 heterocycles. The van der Waals surface area contributed by atoms with Crippen molar-refractivity contribution in [3.8, 4) is 0 Å². The number of ketones is 2. The maximum Gasteiger partial charge on any atom is 0.160 e. The standard InChI is InChI=1S/2C11H20O2.Co/c2*1-10(2,3)8(12)7-9(13)11(4,5)6;/h2*7,12H,1-6H3;/p-2/b2*8-7-;. The average molecular weight is 425 g/mol. The van der Waals surface area contributed by atoms with Crippen LogP contribution < -0.4 is 10.2 Å². The molecule has 5 heteroatoms. The summed E-state index contributed by atoms with van der Waals surface area (Å²) in [5, 5.41) is 22.9.